The van der Waals surface area contributed by atoms with Crippen LogP contribution in [0, 0.1) is 0 Å². The number of fused-ring (bicyclic) bond motifs is 5. The second kappa shape index (κ2) is 11.9. The number of benzene rings is 7. The van der Waals surface area contributed by atoms with Crippen molar-refractivity contribution in [3.8, 4) is 33.4 Å². The highest BCUT2D eigenvalue weighted by Crippen LogP contribution is 2.46. The Hall–Kier alpha value is -6.12. The molecule has 0 aliphatic heterocycles. The van der Waals surface area contributed by atoms with Crippen molar-refractivity contribution in [2.24, 2.45) is 0 Å². The van der Waals surface area contributed by atoms with Gasteiger partial charge >= 0.3 is 0 Å². The molecule has 0 unspecified atom stereocenters. The Kier molecular flexibility index (Phi) is 6.98. The average Bonchev–Trinajstić information content (AvgIpc) is 3.56. The number of para-hydroxylation sites is 2. The second-order valence-electron chi connectivity index (χ2n) is 12.4. The van der Waals surface area contributed by atoms with Crippen LogP contribution in [0.5, 0.6) is 0 Å². The summed E-state index contributed by atoms with van der Waals surface area (Å²) in [4.78, 5) is 2.36. The zero-order chi connectivity index (χ0) is 31.9. The molecule has 1 aromatic heterocycles. The van der Waals surface area contributed by atoms with Gasteiger partial charge in [-0.1, -0.05) is 146 Å². The summed E-state index contributed by atoms with van der Waals surface area (Å²) < 4.78 is 6.79. The minimum absolute atomic E-state index is 0.902. The molecule has 0 radical (unpaired) electrons. The Balaban J connectivity index is 1.20. The molecule has 9 rings (SSSR count). The van der Waals surface area contributed by atoms with E-state index in [9.17, 15) is 0 Å². The molecule has 7 aromatic carbocycles. The van der Waals surface area contributed by atoms with E-state index in [2.05, 4.69) is 181 Å². The Bertz CT molecular complexity index is 2420. The molecule has 0 fully saturated rings. The smallest absolute Gasteiger partial charge is 0.159 e. The van der Waals surface area contributed by atoms with Gasteiger partial charge in [-0.3, -0.25) is 0 Å². The summed E-state index contributed by atoms with van der Waals surface area (Å²) >= 11 is 0. The number of anilines is 3. The van der Waals surface area contributed by atoms with E-state index in [4.69, 9.17) is 4.42 Å². The van der Waals surface area contributed by atoms with Gasteiger partial charge in [0.1, 0.15) is 5.58 Å². The van der Waals surface area contributed by atoms with Crippen molar-refractivity contribution in [3.63, 3.8) is 0 Å². The zero-order valence-electron chi connectivity index (χ0n) is 26.5. The Morgan fingerprint density at radius 1 is 0.479 bits per heavy atom. The van der Waals surface area contributed by atoms with Crippen molar-refractivity contribution in [2.75, 3.05) is 4.90 Å². The summed E-state index contributed by atoms with van der Waals surface area (Å²) in [6.45, 7) is 0. The summed E-state index contributed by atoms with van der Waals surface area (Å²) in [6, 6.07) is 58.5. The first-order valence-corrected chi connectivity index (χ1v) is 16.7. The number of aryl methyl sites for hydroxylation is 1. The van der Waals surface area contributed by atoms with Gasteiger partial charge < -0.3 is 9.32 Å². The molecule has 2 nitrogen and oxygen atoms in total. The molecule has 8 aromatic rings. The first kappa shape index (κ1) is 28.1. The van der Waals surface area contributed by atoms with Crippen LogP contribution in [-0.4, -0.2) is 0 Å². The molecule has 48 heavy (non-hydrogen) atoms. The van der Waals surface area contributed by atoms with Crippen LogP contribution < -0.4 is 4.90 Å². The fraction of sp³-hybridized carbons (Fsp3) is 0.0435. The van der Waals surface area contributed by atoms with Crippen LogP contribution in [0.2, 0.25) is 0 Å². The maximum absolute atomic E-state index is 6.79. The quantitative estimate of drug-likeness (QED) is 0.185. The molecule has 0 atom stereocenters. The average molecular weight is 616 g/mol. The van der Waals surface area contributed by atoms with Crippen molar-refractivity contribution < 1.29 is 4.42 Å². The van der Waals surface area contributed by atoms with Crippen molar-refractivity contribution in [1.29, 1.82) is 0 Å². The van der Waals surface area contributed by atoms with Crippen LogP contribution in [0.4, 0.5) is 17.1 Å². The van der Waals surface area contributed by atoms with E-state index in [-0.39, 0.29) is 0 Å². The molecule has 1 aliphatic carbocycles. The van der Waals surface area contributed by atoms with E-state index in [1.54, 1.807) is 0 Å². The van der Waals surface area contributed by atoms with Gasteiger partial charge in [-0.25, -0.2) is 0 Å². The molecule has 2 heteroatoms. The van der Waals surface area contributed by atoms with Gasteiger partial charge in [0, 0.05) is 22.0 Å². The molecule has 0 amide bonds. The van der Waals surface area contributed by atoms with Crippen LogP contribution in [0.15, 0.2) is 174 Å². The molecule has 0 spiro atoms. The molecular formula is C46H33NO. The van der Waals surface area contributed by atoms with Crippen LogP contribution in [0.1, 0.15) is 17.5 Å². The van der Waals surface area contributed by atoms with Gasteiger partial charge in [-0.2, -0.15) is 0 Å². The van der Waals surface area contributed by atoms with Crippen molar-refractivity contribution in [1.82, 2.24) is 0 Å². The fourth-order valence-corrected chi connectivity index (χ4v) is 7.23. The van der Waals surface area contributed by atoms with E-state index in [0.717, 1.165) is 52.0 Å². The molecule has 0 saturated heterocycles. The van der Waals surface area contributed by atoms with E-state index >= 15 is 0 Å². The third kappa shape index (κ3) is 4.90. The lowest BCUT2D eigenvalue weighted by Gasteiger charge is -2.28. The molecule has 228 valence electrons. The molecule has 0 saturated carbocycles. The molecule has 1 aliphatic rings. The lowest BCUT2D eigenvalue weighted by molar-refractivity contribution is 0.668. The number of allylic oxidation sites excluding steroid dienone is 1. The van der Waals surface area contributed by atoms with Gasteiger partial charge in [0.25, 0.3) is 0 Å². The van der Waals surface area contributed by atoms with E-state index in [0.29, 0.717) is 0 Å². The molecule has 0 bridgehead atoms. The van der Waals surface area contributed by atoms with Crippen LogP contribution in [0.3, 0.4) is 0 Å². The molecular weight excluding hydrogens is 583 g/mol. The summed E-state index contributed by atoms with van der Waals surface area (Å²) in [7, 11) is 0. The van der Waals surface area contributed by atoms with Crippen LogP contribution in [-0.2, 0) is 6.42 Å². The van der Waals surface area contributed by atoms with Crippen molar-refractivity contribution >= 4 is 45.1 Å². The molecule has 1 heterocycles. The van der Waals surface area contributed by atoms with E-state index in [1.807, 2.05) is 0 Å². The second-order valence-corrected chi connectivity index (χ2v) is 12.4. The van der Waals surface area contributed by atoms with Crippen LogP contribution >= 0.6 is 0 Å². The lowest BCUT2D eigenvalue weighted by atomic mass is 9.93. The normalized spacial score (nSPS) is 12.3. The van der Waals surface area contributed by atoms with Crippen LogP contribution in [0.25, 0.3) is 61.4 Å². The zero-order valence-corrected chi connectivity index (χ0v) is 26.5. The summed E-state index contributed by atoms with van der Waals surface area (Å²) in [5.74, 6) is 0. The minimum atomic E-state index is 0.902. The molecule has 0 N–H and O–H groups in total. The number of furan rings is 1. The van der Waals surface area contributed by atoms with E-state index in [1.165, 1.54) is 44.3 Å². The topological polar surface area (TPSA) is 16.4 Å². The standard InChI is InChI=1S/C46H33NO/c1-3-12-32(13-4-1)33-22-24-34(25-23-33)35-26-29-38(30-27-35)47(42-20-10-9-17-39(42)36-14-5-2-6-15-36)43-21-11-19-41-45-40-18-8-7-16-37(40)28-31-44(45)48-46(41)43/h1-7,9-17,19-31H,8,18H2. The third-order valence-corrected chi connectivity index (χ3v) is 9.57. The highest BCUT2D eigenvalue weighted by molar-refractivity contribution is 6.13. The SMILES string of the molecule is C1=Cc2ccc3oc4c(N(c5ccc(-c6ccc(-c7ccccc7)cc6)cc5)c5ccccc5-c5ccccc5)cccc4c3c2CC1. The minimum Gasteiger partial charge on any atom is -0.454 e. The van der Waals surface area contributed by atoms with Gasteiger partial charge in [0.15, 0.2) is 5.58 Å². The summed E-state index contributed by atoms with van der Waals surface area (Å²) in [5, 5.41) is 2.39. The van der Waals surface area contributed by atoms with Gasteiger partial charge in [-0.15, -0.1) is 0 Å². The highest BCUT2D eigenvalue weighted by Gasteiger charge is 2.23. The Morgan fingerprint density at radius 3 is 1.81 bits per heavy atom. The van der Waals surface area contributed by atoms with Crippen molar-refractivity contribution in [3.05, 3.63) is 181 Å². The summed E-state index contributed by atoms with van der Waals surface area (Å²) in [5.41, 5.74) is 14.8. The third-order valence-electron chi connectivity index (χ3n) is 9.57. The first-order valence-electron chi connectivity index (χ1n) is 16.7. The number of rotatable bonds is 6. The predicted molar refractivity (Wildman–Crippen MR) is 202 cm³/mol. The Morgan fingerprint density at radius 2 is 1.08 bits per heavy atom. The monoisotopic (exact) mass is 615 g/mol. The first-order chi connectivity index (χ1) is 23.8. The lowest BCUT2D eigenvalue weighted by Crippen LogP contribution is -2.11. The van der Waals surface area contributed by atoms with Gasteiger partial charge in [0.2, 0.25) is 0 Å². The van der Waals surface area contributed by atoms with Crippen molar-refractivity contribution in [2.45, 2.75) is 12.8 Å². The maximum atomic E-state index is 6.79. The number of hydrogen-bond donors (Lipinski definition) is 0. The maximum Gasteiger partial charge on any atom is 0.159 e. The highest BCUT2D eigenvalue weighted by atomic mass is 16.3. The van der Waals surface area contributed by atoms with Gasteiger partial charge in [-0.05, 0) is 82.1 Å². The van der Waals surface area contributed by atoms with E-state index < -0.39 is 0 Å². The summed E-state index contributed by atoms with van der Waals surface area (Å²) in [6.07, 6.45) is 6.60. The predicted octanol–water partition coefficient (Wildman–Crippen LogP) is 13.0. The number of nitrogens with zero attached hydrogens (tertiary/aromatic N) is 1. The largest absolute Gasteiger partial charge is 0.454 e. The number of hydrogen-bond acceptors (Lipinski definition) is 2. The Labute approximate surface area is 280 Å². The fourth-order valence-electron chi connectivity index (χ4n) is 7.23. The van der Waals surface area contributed by atoms with Gasteiger partial charge in [0.05, 0.1) is 11.4 Å².